The Morgan fingerprint density at radius 1 is 1.07 bits per heavy atom. The van der Waals surface area contributed by atoms with E-state index in [4.69, 9.17) is 0 Å². The van der Waals surface area contributed by atoms with E-state index in [2.05, 4.69) is 17.0 Å². The van der Waals surface area contributed by atoms with Gasteiger partial charge in [0.25, 0.3) is 5.69 Å². The Kier molecular flexibility index (Phi) is 7.54. The highest BCUT2D eigenvalue weighted by molar-refractivity contribution is 7.89. The number of para-hydroxylation sites is 1. The molecule has 1 aliphatic heterocycles. The predicted molar refractivity (Wildman–Crippen MR) is 113 cm³/mol. The first-order valence-electron chi connectivity index (χ1n) is 10.1. The van der Waals surface area contributed by atoms with Gasteiger partial charge in [-0.15, -0.1) is 0 Å². The highest BCUT2D eigenvalue weighted by Gasteiger charge is 2.36. The summed E-state index contributed by atoms with van der Waals surface area (Å²) in [4.78, 5) is 12.7. The van der Waals surface area contributed by atoms with Crippen molar-refractivity contribution in [3.8, 4) is 0 Å². The van der Waals surface area contributed by atoms with Crippen LogP contribution in [0.4, 0.5) is 5.69 Å². The van der Waals surface area contributed by atoms with Crippen molar-refractivity contribution < 1.29 is 18.4 Å². The van der Waals surface area contributed by atoms with Crippen LogP contribution in [0.2, 0.25) is 0 Å². The second kappa shape index (κ2) is 10.1. The summed E-state index contributed by atoms with van der Waals surface area (Å²) >= 11 is 0. The molecule has 30 heavy (non-hydrogen) atoms. The molecule has 0 unspecified atom stereocenters. The highest BCUT2D eigenvalue weighted by atomic mass is 32.2. The number of nitro benzene ring substituents is 1. The van der Waals surface area contributed by atoms with Crippen molar-refractivity contribution in [3.63, 3.8) is 0 Å². The summed E-state index contributed by atoms with van der Waals surface area (Å²) in [6, 6.07) is 15.3. The second-order valence-electron chi connectivity index (χ2n) is 7.41. The summed E-state index contributed by atoms with van der Waals surface area (Å²) < 4.78 is 28.1. The molecule has 0 aliphatic carbocycles. The van der Waals surface area contributed by atoms with Crippen molar-refractivity contribution in [2.45, 2.75) is 36.7 Å². The van der Waals surface area contributed by atoms with Crippen molar-refractivity contribution in [1.82, 2.24) is 9.21 Å². The summed E-state index contributed by atoms with van der Waals surface area (Å²) in [6.07, 6.45) is 1.56. The van der Waals surface area contributed by atoms with Crippen LogP contribution in [-0.2, 0) is 16.6 Å². The lowest BCUT2D eigenvalue weighted by molar-refractivity contribution is -0.387. The Balaban J connectivity index is 1.77. The van der Waals surface area contributed by atoms with E-state index in [0.29, 0.717) is 12.8 Å². The third-order valence-corrected chi connectivity index (χ3v) is 7.40. The number of hydrogen-bond donors (Lipinski definition) is 1. The first-order chi connectivity index (χ1) is 14.4. The Bertz CT molecular complexity index is 944. The van der Waals surface area contributed by atoms with Crippen LogP contribution in [0.5, 0.6) is 0 Å². The number of likely N-dealkylation sites (tertiary alicyclic amines) is 1. The van der Waals surface area contributed by atoms with E-state index in [1.165, 1.54) is 34.1 Å². The van der Waals surface area contributed by atoms with Crippen LogP contribution >= 0.6 is 0 Å². The lowest BCUT2D eigenvalue weighted by Gasteiger charge is -2.37. The van der Waals surface area contributed by atoms with Crippen LogP contribution in [0.1, 0.15) is 24.8 Å². The predicted octanol–water partition coefficient (Wildman–Crippen LogP) is 2.63. The zero-order valence-corrected chi connectivity index (χ0v) is 17.6. The fraction of sp³-hybridized carbons (Fsp3) is 0.429. The standard InChI is InChI=1S/C21H27N3O5S/c25-16-6-13-23(30(28,29)21-10-5-4-9-20(21)24(26)27)19-11-14-22(15-12-19)17-18-7-2-1-3-8-18/h1-5,7-10,19,25H,6,11-17H2. The second-order valence-corrected chi connectivity index (χ2v) is 9.27. The van der Waals surface area contributed by atoms with E-state index in [1.54, 1.807) is 0 Å². The van der Waals surface area contributed by atoms with Crippen molar-refractivity contribution in [3.05, 3.63) is 70.3 Å². The summed E-state index contributed by atoms with van der Waals surface area (Å²) in [7, 11) is -4.06. The molecule has 162 valence electrons. The molecule has 0 aromatic heterocycles. The van der Waals surface area contributed by atoms with Crippen molar-refractivity contribution in [1.29, 1.82) is 0 Å². The topological polar surface area (TPSA) is 104 Å². The molecule has 3 rings (SSSR count). The summed E-state index contributed by atoms with van der Waals surface area (Å²) in [5.41, 5.74) is 0.786. The van der Waals surface area contributed by atoms with Gasteiger partial charge in [-0.05, 0) is 30.9 Å². The maximum atomic E-state index is 13.4. The normalized spacial score (nSPS) is 16.1. The average Bonchev–Trinajstić information content (AvgIpc) is 2.75. The zero-order chi connectivity index (χ0) is 21.6. The monoisotopic (exact) mass is 433 g/mol. The molecule has 0 radical (unpaired) electrons. The van der Waals surface area contributed by atoms with Crippen molar-refractivity contribution >= 4 is 15.7 Å². The number of nitrogens with zero attached hydrogens (tertiary/aromatic N) is 3. The molecule has 2 aromatic carbocycles. The van der Waals surface area contributed by atoms with E-state index in [-0.39, 0.29) is 30.5 Å². The minimum Gasteiger partial charge on any atom is -0.396 e. The first kappa shape index (κ1) is 22.4. The van der Waals surface area contributed by atoms with Gasteiger partial charge >= 0.3 is 0 Å². The molecular weight excluding hydrogens is 406 g/mol. The van der Waals surface area contributed by atoms with Gasteiger partial charge in [0.15, 0.2) is 4.90 Å². The number of nitro groups is 1. The fourth-order valence-corrected chi connectivity index (χ4v) is 5.77. The summed E-state index contributed by atoms with van der Waals surface area (Å²) in [5, 5.41) is 20.6. The van der Waals surface area contributed by atoms with Crippen molar-refractivity contribution in [2.24, 2.45) is 0 Å². The van der Waals surface area contributed by atoms with Gasteiger partial charge in [-0.25, -0.2) is 8.42 Å². The van der Waals surface area contributed by atoms with Crippen LogP contribution in [0.15, 0.2) is 59.5 Å². The Morgan fingerprint density at radius 3 is 2.33 bits per heavy atom. The first-order valence-corrected chi connectivity index (χ1v) is 11.5. The number of benzene rings is 2. The van der Waals surface area contributed by atoms with Crippen molar-refractivity contribution in [2.75, 3.05) is 26.2 Å². The van der Waals surface area contributed by atoms with Crippen LogP contribution in [0.3, 0.4) is 0 Å². The minimum atomic E-state index is -4.06. The summed E-state index contributed by atoms with van der Waals surface area (Å²) in [5.74, 6) is 0. The highest BCUT2D eigenvalue weighted by Crippen LogP contribution is 2.30. The molecule has 1 fully saturated rings. The molecule has 0 bridgehead atoms. The number of aliphatic hydroxyl groups excluding tert-OH is 1. The van der Waals surface area contributed by atoms with E-state index in [9.17, 15) is 23.6 Å². The molecule has 1 N–H and O–H groups in total. The third-order valence-electron chi connectivity index (χ3n) is 5.40. The maximum absolute atomic E-state index is 13.4. The van der Waals surface area contributed by atoms with Gasteiger partial charge in [0.05, 0.1) is 4.92 Å². The molecule has 1 aliphatic rings. The van der Waals surface area contributed by atoms with Crippen LogP contribution in [0, 0.1) is 10.1 Å². The Hall–Kier alpha value is -2.33. The van der Waals surface area contributed by atoms with Gasteiger partial charge in [0.1, 0.15) is 0 Å². The van der Waals surface area contributed by atoms with Crippen LogP contribution < -0.4 is 0 Å². The molecule has 8 nitrogen and oxygen atoms in total. The van der Waals surface area contributed by atoms with Gasteiger partial charge in [0, 0.05) is 44.9 Å². The zero-order valence-electron chi connectivity index (χ0n) is 16.8. The SMILES string of the molecule is O=[N+]([O-])c1ccccc1S(=O)(=O)N(CCCO)C1CCN(Cc2ccccc2)CC1. The number of rotatable bonds is 9. The number of aliphatic hydroxyl groups is 1. The maximum Gasteiger partial charge on any atom is 0.289 e. The molecular formula is C21H27N3O5S. The smallest absolute Gasteiger partial charge is 0.289 e. The van der Waals surface area contributed by atoms with Gasteiger partial charge in [-0.2, -0.15) is 4.31 Å². The quantitative estimate of drug-likeness (QED) is 0.482. The van der Waals surface area contributed by atoms with Gasteiger partial charge in [0.2, 0.25) is 10.0 Å². The fourth-order valence-electron chi connectivity index (χ4n) is 3.89. The molecule has 9 heteroatoms. The van der Waals surface area contributed by atoms with Crippen LogP contribution in [0.25, 0.3) is 0 Å². The molecule has 0 saturated carbocycles. The molecule has 1 heterocycles. The minimum absolute atomic E-state index is 0.133. The molecule has 0 spiro atoms. The molecule has 0 atom stereocenters. The van der Waals surface area contributed by atoms with E-state index < -0.39 is 20.6 Å². The largest absolute Gasteiger partial charge is 0.396 e. The molecule has 2 aromatic rings. The summed E-state index contributed by atoms with van der Waals surface area (Å²) in [6.45, 7) is 2.27. The third kappa shape index (κ3) is 5.23. The van der Waals surface area contributed by atoms with E-state index >= 15 is 0 Å². The van der Waals surface area contributed by atoms with Gasteiger partial charge in [-0.1, -0.05) is 42.5 Å². The average molecular weight is 434 g/mol. The van der Waals surface area contributed by atoms with E-state index in [0.717, 1.165) is 19.6 Å². The lowest BCUT2D eigenvalue weighted by Crippen LogP contribution is -2.47. The van der Waals surface area contributed by atoms with Gasteiger partial charge in [-0.3, -0.25) is 15.0 Å². The lowest BCUT2D eigenvalue weighted by atomic mass is 10.0. The number of piperidine rings is 1. The molecule has 1 saturated heterocycles. The van der Waals surface area contributed by atoms with Gasteiger partial charge < -0.3 is 5.11 Å². The Labute approximate surface area is 176 Å². The number of sulfonamides is 1. The number of hydrogen-bond acceptors (Lipinski definition) is 6. The molecule has 0 amide bonds. The Morgan fingerprint density at radius 2 is 1.70 bits per heavy atom. The van der Waals surface area contributed by atoms with E-state index in [1.807, 2.05) is 18.2 Å². The van der Waals surface area contributed by atoms with Crippen LogP contribution in [-0.4, -0.2) is 59.9 Å².